The third-order valence-corrected chi connectivity index (χ3v) is 5.64. The number of likely N-dealkylation sites (tertiary alicyclic amines) is 1. The van der Waals surface area contributed by atoms with Gasteiger partial charge in [-0.05, 0) is 25.0 Å². The highest BCUT2D eigenvalue weighted by Gasteiger charge is 2.26. The van der Waals surface area contributed by atoms with Crippen LogP contribution in [0.25, 0.3) is 11.6 Å². The fraction of sp³-hybridized carbons (Fsp3) is 0.438. The average Bonchev–Trinajstić information content (AvgIpc) is 3.41. The van der Waals surface area contributed by atoms with Crippen LogP contribution in [0.5, 0.6) is 0 Å². The largest absolute Gasteiger partial charge is 0.338 e. The Bertz CT molecular complexity index is 911. The van der Waals surface area contributed by atoms with E-state index < -0.39 is 0 Å². The lowest BCUT2D eigenvalue weighted by molar-refractivity contribution is 0.0694. The van der Waals surface area contributed by atoms with Crippen LogP contribution >= 0.6 is 22.9 Å². The molecule has 3 aromatic rings. The first-order valence-electron chi connectivity index (χ1n) is 8.43. The lowest BCUT2D eigenvalue weighted by atomic mass is 10.1. The van der Waals surface area contributed by atoms with Crippen molar-refractivity contribution in [2.45, 2.75) is 32.2 Å². The Hall–Kier alpha value is -2.26. The van der Waals surface area contributed by atoms with Crippen molar-refractivity contribution in [1.82, 2.24) is 30.0 Å². The zero-order valence-corrected chi connectivity index (χ0v) is 15.7. The molecule has 1 saturated heterocycles. The van der Waals surface area contributed by atoms with E-state index in [1.165, 1.54) is 11.3 Å². The minimum Gasteiger partial charge on any atom is -0.338 e. The molecule has 0 saturated carbocycles. The molecule has 0 radical (unpaired) electrons. The molecule has 4 heterocycles. The normalized spacial score (nSPS) is 15.5. The van der Waals surface area contributed by atoms with Crippen LogP contribution in [0, 0.1) is 0 Å². The lowest BCUT2D eigenvalue weighted by Gasteiger charge is -2.31. The summed E-state index contributed by atoms with van der Waals surface area (Å²) in [6, 6.07) is 3.73. The summed E-state index contributed by atoms with van der Waals surface area (Å²) in [5.41, 5.74) is 0.573. The first-order valence-corrected chi connectivity index (χ1v) is 9.63. The van der Waals surface area contributed by atoms with E-state index in [1.807, 2.05) is 22.7 Å². The summed E-state index contributed by atoms with van der Waals surface area (Å²) in [6.07, 6.45) is 4.17. The highest BCUT2D eigenvalue weighted by molar-refractivity contribution is 7.17. The van der Waals surface area contributed by atoms with Gasteiger partial charge in [-0.15, -0.1) is 16.4 Å². The summed E-state index contributed by atoms with van der Waals surface area (Å²) in [7, 11) is 0. The van der Waals surface area contributed by atoms with Crippen LogP contribution < -0.4 is 0 Å². The van der Waals surface area contributed by atoms with Gasteiger partial charge in [0.1, 0.15) is 0 Å². The van der Waals surface area contributed by atoms with Gasteiger partial charge >= 0.3 is 0 Å². The summed E-state index contributed by atoms with van der Waals surface area (Å²) in [5, 5.41) is 12.2. The highest BCUT2D eigenvalue weighted by Crippen LogP contribution is 2.27. The van der Waals surface area contributed by atoms with Crippen molar-refractivity contribution in [2.24, 2.45) is 0 Å². The summed E-state index contributed by atoms with van der Waals surface area (Å²) in [5.74, 6) is 1.07. The highest BCUT2D eigenvalue weighted by atomic mass is 35.5. The molecule has 1 aliphatic heterocycles. The minimum atomic E-state index is 0.0394. The van der Waals surface area contributed by atoms with Gasteiger partial charge in [0.15, 0.2) is 11.5 Å². The topological polar surface area (TPSA) is 89.9 Å². The number of aryl methyl sites for hydroxylation is 1. The standard InChI is InChI=1S/C16H17ClN6O2S/c1-2-14-18-15(25-20-14)11-9-23(21-19-11)10-5-7-22(8-6-10)16(24)12-3-4-13(17)26-12/h3-4,9-10H,2,5-8H2,1H3. The van der Waals surface area contributed by atoms with E-state index in [0.29, 0.717) is 46.1 Å². The zero-order chi connectivity index (χ0) is 18.1. The molecule has 1 fully saturated rings. The summed E-state index contributed by atoms with van der Waals surface area (Å²) >= 11 is 7.24. The molecule has 0 unspecified atom stereocenters. The number of halogens is 1. The maximum Gasteiger partial charge on any atom is 0.280 e. The number of amides is 1. The van der Waals surface area contributed by atoms with Gasteiger partial charge in [0.25, 0.3) is 11.8 Å². The molecule has 0 N–H and O–H groups in total. The van der Waals surface area contributed by atoms with Crippen LogP contribution in [-0.2, 0) is 6.42 Å². The van der Waals surface area contributed by atoms with Gasteiger partial charge in [-0.1, -0.05) is 28.9 Å². The van der Waals surface area contributed by atoms with Crippen LogP contribution in [0.1, 0.15) is 41.3 Å². The molecule has 3 aromatic heterocycles. The van der Waals surface area contributed by atoms with E-state index in [9.17, 15) is 4.79 Å². The van der Waals surface area contributed by atoms with Gasteiger partial charge in [0.2, 0.25) is 0 Å². The Morgan fingerprint density at radius 1 is 1.38 bits per heavy atom. The predicted molar refractivity (Wildman–Crippen MR) is 96.2 cm³/mol. The lowest BCUT2D eigenvalue weighted by Crippen LogP contribution is -2.38. The molecular weight excluding hydrogens is 376 g/mol. The molecule has 26 heavy (non-hydrogen) atoms. The Balaban J connectivity index is 1.40. The van der Waals surface area contributed by atoms with Gasteiger partial charge < -0.3 is 9.42 Å². The van der Waals surface area contributed by atoms with Gasteiger partial charge in [0.05, 0.1) is 21.5 Å². The molecule has 1 aliphatic rings. The molecule has 0 spiro atoms. The number of hydrogen-bond acceptors (Lipinski definition) is 7. The molecular formula is C16H17ClN6O2S. The van der Waals surface area contributed by atoms with E-state index in [-0.39, 0.29) is 11.9 Å². The van der Waals surface area contributed by atoms with Crippen molar-refractivity contribution in [2.75, 3.05) is 13.1 Å². The van der Waals surface area contributed by atoms with E-state index in [0.717, 1.165) is 12.8 Å². The Labute approximate surface area is 158 Å². The van der Waals surface area contributed by atoms with E-state index in [4.69, 9.17) is 16.1 Å². The fourth-order valence-electron chi connectivity index (χ4n) is 2.97. The van der Waals surface area contributed by atoms with Gasteiger partial charge in [0, 0.05) is 19.5 Å². The SMILES string of the molecule is CCc1noc(-c2cn(C3CCN(C(=O)c4ccc(Cl)s4)CC3)nn2)n1. The number of piperidine rings is 1. The average molecular weight is 393 g/mol. The number of hydrogen-bond donors (Lipinski definition) is 0. The summed E-state index contributed by atoms with van der Waals surface area (Å²) < 4.78 is 7.66. The fourth-order valence-corrected chi connectivity index (χ4v) is 3.98. The summed E-state index contributed by atoms with van der Waals surface area (Å²) in [4.78, 5) is 19.3. The predicted octanol–water partition coefficient (Wildman–Crippen LogP) is 3.08. The Morgan fingerprint density at radius 3 is 2.85 bits per heavy atom. The van der Waals surface area contributed by atoms with Gasteiger partial charge in [-0.25, -0.2) is 4.68 Å². The van der Waals surface area contributed by atoms with Gasteiger partial charge in [-0.3, -0.25) is 4.79 Å². The van der Waals surface area contributed by atoms with E-state index >= 15 is 0 Å². The van der Waals surface area contributed by atoms with Crippen molar-refractivity contribution < 1.29 is 9.32 Å². The van der Waals surface area contributed by atoms with Crippen molar-refractivity contribution in [3.8, 4) is 11.6 Å². The van der Waals surface area contributed by atoms with Crippen LogP contribution in [0.3, 0.4) is 0 Å². The zero-order valence-electron chi connectivity index (χ0n) is 14.1. The molecule has 1 amide bonds. The third kappa shape index (κ3) is 3.36. The van der Waals surface area contributed by atoms with Crippen LogP contribution in [-0.4, -0.2) is 49.0 Å². The van der Waals surface area contributed by atoms with Crippen LogP contribution in [0.15, 0.2) is 22.9 Å². The number of aromatic nitrogens is 5. The number of rotatable bonds is 4. The Kier molecular flexibility index (Phi) is 4.73. The van der Waals surface area contributed by atoms with Crippen molar-refractivity contribution in [3.05, 3.63) is 33.4 Å². The molecule has 0 aromatic carbocycles. The molecule has 0 atom stereocenters. The number of thiophene rings is 1. The number of nitrogens with zero attached hydrogens (tertiary/aromatic N) is 6. The van der Waals surface area contributed by atoms with Gasteiger partial charge in [-0.2, -0.15) is 4.98 Å². The molecule has 4 rings (SSSR count). The summed E-state index contributed by atoms with van der Waals surface area (Å²) in [6.45, 7) is 3.31. The molecule has 0 bridgehead atoms. The first kappa shape index (κ1) is 17.2. The second kappa shape index (κ2) is 7.16. The monoisotopic (exact) mass is 392 g/mol. The molecule has 136 valence electrons. The molecule has 0 aliphatic carbocycles. The van der Waals surface area contributed by atoms with E-state index in [2.05, 4.69) is 20.5 Å². The molecule has 10 heteroatoms. The third-order valence-electron chi connectivity index (χ3n) is 4.42. The van der Waals surface area contributed by atoms with Crippen molar-refractivity contribution >= 4 is 28.8 Å². The maximum atomic E-state index is 12.5. The van der Waals surface area contributed by atoms with Crippen LogP contribution in [0.2, 0.25) is 4.34 Å². The maximum absolute atomic E-state index is 12.5. The van der Waals surface area contributed by atoms with Crippen molar-refractivity contribution in [1.29, 1.82) is 0 Å². The number of carbonyl (C=O) groups is 1. The van der Waals surface area contributed by atoms with Crippen molar-refractivity contribution in [3.63, 3.8) is 0 Å². The minimum absolute atomic E-state index is 0.0394. The van der Waals surface area contributed by atoms with E-state index in [1.54, 1.807) is 12.1 Å². The quantitative estimate of drug-likeness (QED) is 0.677. The Morgan fingerprint density at radius 2 is 2.19 bits per heavy atom. The second-order valence-electron chi connectivity index (χ2n) is 6.08. The number of carbonyl (C=O) groups excluding carboxylic acids is 1. The molecule has 8 nitrogen and oxygen atoms in total. The van der Waals surface area contributed by atoms with Crippen LogP contribution in [0.4, 0.5) is 0 Å². The smallest absolute Gasteiger partial charge is 0.280 e. The first-order chi connectivity index (χ1) is 12.6. The second-order valence-corrected chi connectivity index (χ2v) is 7.80.